The first-order chi connectivity index (χ1) is 6.60. The van der Waals surface area contributed by atoms with Gasteiger partial charge in [-0.2, -0.15) is 0 Å². The molecule has 1 aliphatic carbocycles. The Hall–Kier alpha value is -0.195. The molecule has 0 spiro atoms. The SMILES string of the molecule is BC1CC(CC(C)C)C(CC)C1C=C. The molecule has 0 N–H and O–H groups in total. The van der Waals surface area contributed by atoms with E-state index >= 15 is 0 Å². The Morgan fingerprint density at radius 2 is 2.14 bits per heavy atom. The summed E-state index contributed by atoms with van der Waals surface area (Å²) in [7, 11) is 2.40. The third kappa shape index (κ3) is 2.43. The molecule has 0 aromatic rings. The van der Waals surface area contributed by atoms with Crippen LogP contribution in [-0.2, 0) is 0 Å². The molecule has 0 amide bonds. The molecule has 80 valence electrons. The molecule has 1 aliphatic rings. The van der Waals surface area contributed by atoms with Crippen LogP contribution >= 0.6 is 0 Å². The van der Waals surface area contributed by atoms with Crippen LogP contribution in [0, 0.1) is 23.7 Å². The van der Waals surface area contributed by atoms with Crippen molar-refractivity contribution in [3.05, 3.63) is 12.7 Å². The van der Waals surface area contributed by atoms with E-state index in [1.165, 1.54) is 19.3 Å². The number of allylic oxidation sites excluding steroid dienone is 1. The zero-order valence-corrected chi connectivity index (χ0v) is 10.3. The lowest BCUT2D eigenvalue weighted by Crippen LogP contribution is -2.15. The van der Waals surface area contributed by atoms with Crippen LogP contribution in [0.25, 0.3) is 0 Å². The summed E-state index contributed by atoms with van der Waals surface area (Å²) >= 11 is 0. The van der Waals surface area contributed by atoms with Crippen molar-refractivity contribution < 1.29 is 0 Å². The van der Waals surface area contributed by atoms with Crippen LogP contribution in [0.4, 0.5) is 0 Å². The molecule has 14 heavy (non-hydrogen) atoms. The van der Waals surface area contributed by atoms with Crippen molar-refractivity contribution >= 4 is 7.85 Å². The van der Waals surface area contributed by atoms with Crippen LogP contribution in [-0.4, -0.2) is 7.85 Å². The molecule has 4 unspecified atom stereocenters. The summed E-state index contributed by atoms with van der Waals surface area (Å²) in [5.74, 6) is 4.36. The quantitative estimate of drug-likeness (QED) is 0.473. The van der Waals surface area contributed by atoms with Gasteiger partial charge in [0.1, 0.15) is 7.85 Å². The van der Waals surface area contributed by atoms with Crippen molar-refractivity contribution in [3.63, 3.8) is 0 Å². The van der Waals surface area contributed by atoms with Gasteiger partial charge in [0.15, 0.2) is 0 Å². The molecule has 0 aliphatic heterocycles. The summed E-state index contributed by atoms with van der Waals surface area (Å²) in [6, 6.07) is 0. The lowest BCUT2D eigenvalue weighted by atomic mass is 9.76. The highest BCUT2D eigenvalue weighted by atomic mass is 14.4. The van der Waals surface area contributed by atoms with E-state index in [9.17, 15) is 0 Å². The van der Waals surface area contributed by atoms with Gasteiger partial charge in [0.2, 0.25) is 0 Å². The lowest BCUT2D eigenvalue weighted by Gasteiger charge is -2.23. The van der Waals surface area contributed by atoms with Crippen LogP contribution in [0.2, 0.25) is 5.82 Å². The minimum Gasteiger partial charge on any atom is -0.103 e. The van der Waals surface area contributed by atoms with Crippen molar-refractivity contribution in [1.29, 1.82) is 0 Å². The predicted molar refractivity (Wildman–Crippen MR) is 67.3 cm³/mol. The first-order valence-corrected chi connectivity index (χ1v) is 6.22. The molecule has 0 radical (unpaired) electrons. The van der Waals surface area contributed by atoms with Gasteiger partial charge in [0.05, 0.1) is 0 Å². The zero-order chi connectivity index (χ0) is 10.7. The molecule has 1 fully saturated rings. The first-order valence-electron chi connectivity index (χ1n) is 6.22. The van der Waals surface area contributed by atoms with Crippen LogP contribution in [0.3, 0.4) is 0 Å². The third-order valence-electron chi connectivity index (χ3n) is 3.95. The van der Waals surface area contributed by atoms with Crippen molar-refractivity contribution in [2.75, 3.05) is 0 Å². The average Bonchev–Trinajstić information content (AvgIpc) is 2.39. The Kier molecular flexibility index (Phi) is 4.28. The monoisotopic (exact) mass is 192 g/mol. The van der Waals surface area contributed by atoms with E-state index in [0.717, 1.165) is 29.5 Å². The van der Waals surface area contributed by atoms with Gasteiger partial charge in [0.25, 0.3) is 0 Å². The summed E-state index contributed by atoms with van der Waals surface area (Å²) in [5, 5.41) is 0. The third-order valence-corrected chi connectivity index (χ3v) is 3.95. The van der Waals surface area contributed by atoms with E-state index < -0.39 is 0 Å². The minimum absolute atomic E-state index is 0.781. The second kappa shape index (κ2) is 5.05. The first kappa shape index (κ1) is 11.9. The molecule has 0 aromatic heterocycles. The number of hydrogen-bond donors (Lipinski definition) is 0. The highest BCUT2D eigenvalue weighted by molar-refractivity contribution is 6.12. The van der Waals surface area contributed by atoms with Crippen molar-refractivity contribution in [2.45, 2.75) is 45.9 Å². The Morgan fingerprint density at radius 3 is 2.57 bits per heavy atom. The molecule has 1 heteroatoms. The smallest absolute Gasteiger partial charge is 0.103 e. The normalized spacial score (nSPS) is 37.7. The van der Waals surface area contributed by atoms with Crippen LogP contribution in [0.1, 0.15) is 40.0 Å². The summed E-state index contributed by atoms with van der Waals surface area (Å²) in [6.45, 7) is 11.0. The van der Waals surface area contributed by atoms with Crippen molar-refractivity contribution in [2.24, 2.45) is 23.7 Å². The van der Waals surface area contributed by atoms with Crippen molar-refractivity contribution in [3.8, 4) is 0 Å². The summed E-state index contributed by atoms with van der Waals surface area (Å²) in [5.41, 5.74) is 0. The van der Waals surface area contributed by atoms with Crippen molar-refractivity contribution in [1.82, 2.24) is 0 Å². The van der Waals surface area contributed by atoms with Gasteiger partial charge in [-0.15, -0.1) is 6.58 Å². The summed E-state index contributed by atoms with van der Waals surface area (Å²) < 4.78 is 0. The molecule has 0 aromatic carbocycles. The fourth-order valence-electron chi connectivity index (χ4n) is 3.43. The van der Waals surface area contributed by atoms with E-state index in [1.54, 1.807) is 0 Å². The largest absolute Gasteiger partial charge is 0.106 e. The van der Waals surface area contributed by atoms with Gasteiger partial charge < -0.3 is 0 Å². The minimum atomic E-state index is 0.781. The van der Waals surface area contributed by atoms with Crippen LogP contribution < -0.4 is 0 Å². The molecular weight excluding hydrogens is 167 g/mol. The average molecular weight is 192 g/mol. The van der Waals surface area contributed by atoms with E-state index in [1.807, 2.05) is 0 Å². The topological polar surface area (TPSA) is 0 Å². The van der Waals surface area contributed by atoms with Crippen LogP contribution in [0.5, 0.6) is 0 Å². The molecule has 0 bridgehead atoms. The van der Waals surface area contributed by atoms with E-state index in [0.29, 0.717) is 0 Å². The van der Waals surface area contributed by atoms with Gasteiger partial charge in [-0.3, -0.25) is 0 Å². The molecule has 4 atom stereocenters. The van der Waals surface area contributed by atoms with E-state index in [2.05, 4.69) is 41.3 Å². The summed E-state index contributed by atoms with van der Waals surface area (Å²) in [6.07, 6.45) is 6.37. The predicted octanol–water partition coefficient (Wildman–Crippen LogP) is 3.30. The maximum absolute atomic E-state index is 4.00. The van der Waals surface area contributed by atoms with E-state index in [4.69, 9.17) is 0 Å². The summed E-state index contributed by atoms with van der Waals surface area (Å²) in [4.78, 5) is 0. The van der Waals surface area contributed by atoms with Gasteiger partial charge in [-0.05, 0) is 30.1 Å². The van der Waals surface area contributed by atoms with Gasteiger partial charge >= 0.3 is 0 Å². The molecule has 0 nitrogen and oxygen atoms in total. The molecule has 1 rings (SSSR count). The molecule has 1 saturated carbocycles. The fraction of sp³-hybridized carbons (Fsp3) is 0.846. The molecule has 0 saturated heterocycles. The highest BCUT2D eigenvalue weighted by Gasteiger charge is 2.37. The highest BCUT2D eigenvalue weighted by Crippen LogP contribution is 2.48. The van der Waals surface area contributed by atoms with Gasteiger partial charge in [0, 0.05) is 0 Å². The Balaban J connectivity index is 2.64. The van der Waals surface area contributed by atoms with Gasteiger partial charge in [-0.1, -0.05) is 45.5 Å². The van der Waals surface area contributed by atoms with E-state index in [-0.39, 0.29) is 0 Å². The number of hydrogen-bond acceptors (Lipinski definition) is 0. The second-order valence-electron chi connectivity index (χ2n) is 5.49. The lowest BCUT2D eigenvalue weighted by molar-refractivity contribution is 0.290. The fourth-order valence-corrected chi connectivity index (χ4v) is 3.43. The molecular formula is C13H25B. The second-order valence-corrected chi connectivity index (χ2v) is 5.49. The Morgan fingerprint density at radius 1 is 1.50 bits per heavy atom. The zero-order valence-electron chi connectivity index (χ0n) is 10.3. The Labute approximate surface area is 90.6 Å². The van der Waals surface area contributed by atoms with Gasteiger partial charge in [-0.25, -0.2) is 0 Å². The maximum atomic E-state index is 4.00. The molecule has 0 heterocycles. The number of rotatable bonds is 4. The Bertz CT molecular complexity index is 186. The maximum Gasteiger partial charge on any atom is 0.106 e. The standard InChI is InChI=1S/C13H25B/c1-5-11-10(7-9(3)4)8-13(14)12(11)6-2/h6,9-13H,2,5,7-8,14H2,1,3-4H3. The van der Waals surface area contributed by atoms with Crippen LogP contribution in [0.15, 0.2) is 12.7 Å².